The molecule has 4 nitrogen and oxygen atoms in total. The summed E-state index contributed by atoms with van der Waals surface area (Å²) in [4.78, 5) is 14.4. The van der Waals surface area contributed by atoms with Gasteiger partial charge in [0.2, 0.25) is 5.91 Å². The summed E-state index contributed by atoms with van der Waals surface area (Å²) < 4.78 is 5.24. The summed E-state index contributed by atoms with van der Waals surface area (Å²) in [7, 11) is 1.64. The molecule has 0 saturated heterocycles. The van der Waals surface area contributed by atoms with E-state index in [-0.39, 0.29) is 36.3 Å². The van der Waals surface area contributed by atoms with Crippen molar-refractivity contribution in [2.24, 2.45) is 11.7 Å². The zero-order valence-corrected chi connectivity index (χ0v) is 14.3. The Hall–Kier alpha value is -1.26. The third-order valence-electron chi connectivity index (χ3n) is 3.85. The highest BCUT2D eigenvalue weighted by Gasteiger charge is 2.26. The maximum atomic E-state index is 12.5. The van der Waals surface area contributed by atoms with Crippen LogP contribution >= 0.6 is 12.4 Å². The topological polar surface area (TPSA) is 55.6 Å². The lowest BCUT2D eigenvalue weighted by molar-refractivity contribution is -0.137. The first-order valence-electron chi connectivity index (χ1n) is 7.12. The molecule has 0 fully saturated rings. The molecule has 0 aliphatic heterocycles. The van der Waals surface area contributed by atoms with Crippen molar-refractivity contribution in [1.29, 1.82) is 0 Å². The Morgan fingerprint density at radius 2 is 1.95 bits per heavy atom. The lowest BCUT2D eigenvalue weighted by atomic mass is 10.00. The smallest absolute Gasteiger partial charge is 0.227 e. The molecule has 0 saturated carbocycles. The number of benzene rings is 1. The van der Waals surface area contributed by atoms with Gasteiger partial charge in [0, 0.05) is 12.6 Å². The van der Waals surface area contributed by atoms with Crippen molar-refractivity contribution in [3.8, 4) is 5.75 Å². The third kappa shape index (κ3) is 4.90. The van der Waals surface area contributed by atoms with E-state index in [0.717, 1.165) is 11.3 Å². The molecule has 21 heavy (non-hydrogen) atoms. The Bertz CT molecular complexity index is 452. The summed E-state index contributed by atoms with van der Waals surface area (Å²) in [6, 6.07) is 7.69. The molecule has 0 aliphatic carbocycles. The van der Waals surface area contributed by atoms with Crippen LogP contribution in [0, 0.1) is 5.92 Å². The second-order valence-corrected chi connectivity index (χ2v) is 5.22. The van der Waals surface area contributed by atoms with E-state index >= 15 is 0 Å². The Morgan fingerprint density at radius 3 is 2.43 bits per heavy atom. The predicted molar refractivity (Wildman–Crippen MR) is 88.9 cm³/mol. The van der Waals surface area contributed by atoms with Crippen molar-refractivity contribution in [2.75, 3.05) is 13.7 Å². The molecule has 0 aromatic heterocycles. The second kappa shape index (κ2) is 8.90. The lowest BCUT2D eigenvalue weighted by Gasteiger charge is -2.32. The summed E-state index contributed by atoms with van der Waals surface area (Å²) >= 11 is 0. The highest BCUT2D eigenvalue weighted by atomic mass is 35.5. The van der Waals surface area contributed by atoms with Crippen molar-refractivity contribution in [3.05, 3.63) is 29.8 Å². The molecule has 3 unspecified atom stereocenters. The van der Waals surface area contributed by atoms with Crippen LogP contribution in [0.5, 0.6) is 5.75 Å². The standard InChI is InChI=1S/C16H26N2O2.ClH/c1-6-18(16(19)11(2)12(3)17)13(4)14-8-7-9-15(10-14)20-5;/h7-13H,6,17H2,1-5H3;1H. The van der Waals surface area contributed by atoms with Gasteiger partial charge in [-0.05, 0) is 38.5 Å². The van der Waals surface area contributed by atoms with Crippen molar-refractivity contribution in [1.82, 2.24) is 4.90 Å². The first-order valence-corrected chi connectivity index (χ1v) is 7.12. The van der Waals surface area contributed by atoms with Crippen LogP contribution in [0.4, 0.5) is 0 Å². The second-order valence-electron chi connectivity index (χ2n) is 5.22. The number of carbonyl (C=O) groups is 1. The SMILES string of the molecule is CCN(C(=O)C(C)C(C)N)C(C)c1cccc(OC)c1.Cl. The molecule has 2 N–H and O–H groups in total. The summed E-state index contributed by atoms with van der Waals surface area (Å²) in [5.74, 6) is 0.721. The Balaban J connectivity index is 0.00000400. The number of hydrogen-bond acceptors (Lipinski definition) is 3. The van der Waals surface area contributed by atoms with E-state index in [9.17, 15) is 4.79 Å². The molecule has 0 heterocycles. The molecule has 3 atom stereocenters. The van der Waals surface area contributed by atoms with Crippen LogP contribution in [-0.4, -0.2) is 30.5 Å². The van der Waals surface area contributed by atoms with Gasteiger partial charge in [-0.3, -0.25) is 4.79 Å². The van der Waals surface area contributed by atoms with E-state index in [1.807, 2.05) is 56.9 Å². The van der Waals surface area contributed by atoms with Crippen LogP contribution < -0.4 is 10.5 Å². The summed E-state index contributed by atoms with van der Waals surface area (Å²) in [6.45, 7) is 8.43. The number of hydrogen-bond donors (Lipinski definition) is 1. The number of amides is 1. The van der Waals surface area contributed by atoms with Crippen molar-refractivity contribution in [3.63, 3.8) is 0 Å². The van der Waals surface area contributed by atoms with E-state index in [1.165, 1.54) is 0 Å². The van der Waals surface area contributed by atoms with Crippen LogP contribution in [0.3, 0.4) is 0 Å². The molecule has 1 amide bonds. The van der Waals surface area contributed by atoms with E-state index < -0.39 is 0 Å². The highest BCUT2D eigenvalue weighted by Crippen LogP contribution is 2.25. The molecule has 120 valence electrons. The molecule has 1 rings (SSSR count). The van der Waals surface area contributed by atoms with Crippen LogP contribution in [-0.2, 0) is 4.79 Å². The van der Waals surface area contributed by atoms with Gasteiger partial charge in [-0.1, -0.05) is 19.1 Å². The number of methoxy groups -OCH3 is 1. The first-order chi connectivity index (χ1) is 9.42. The predicted octanol–water partition coefficient (Wildman–Crippen LogP) is 3.01. The maximum Gasteiger partial charge on any atom is 0.227 e. The van der Waals surface area contributed by atoms with E-state index in [2.05, 4.69) is 0 Å². The van der Waals surface area contributed by atoms with Gasteiger partial charge in [-0.25, -0.2) is 0 Å². The molecule has 5 heteroatoms. The normalized spacial score (nSPS) is 14.6. The van der Waals surface area contributed by atoms with E-state index in [4.69, 9.17) is 10.5 Å². The van der Waals surface area contributed by atoms with Crippen molar-refractivity contribution in [2.45, 2.75) is 39.8 Å². The fourth-order valence-corrected chi connectivity index (χ4v) is 2.19. The monoisotopic (exact) mass is 314 g/mol. The molecular weight excluding hydrogens is 288 g/mol. The van der Waals surface area contributed by atoms with Crippen LogP contribution in [0.15, 0.2) is 24.3 Å². The average molecular weight is 315 g/mol. The van der Waals surface area contributed by atoms with Gasteiger partial charge in [0.1, 0.15) is 5.75 Å². The Morgan fingerprint density at radius 1 is 1.33 bits per heavy atom. The minimum absolute atomic E-state index is 0. The fraction of sp³-hybridized carbons (Fsp3) is 0.562. The number of halogens is 1. The highest BCUT2D eigenvalue weighted by molar-refractivity contribution is 5.85. The maximum absolute atomic E-state index is 12.5. The lowest BCUT2D eigenvalue weighted by Crippen LogP contribution is -2.42. The molecule has 1 aromatic rings. The number of nitrogens with zero attached hydrogens (tertiary/aromatic N) is 1. The minimum atomic E-state index is -0.178. The third-order valence-corrected chi connectivity index (χ3v) is 3.85. The Kier molecular flexibility index (Phi) is 8.37. The summed E-state index contributed by atoms with van der Waals surface area (Å²) in [5.41, 5.74) is 6.91. The van der Waals surface area contributed by atoms with Crippen LogP contribution in [0.25, 0.3) is 0 Å². The first kappa shape index (κ1) is 19.7. The summed E-state index contributed by atoms with van der Waals surface area (Å²) in [5, 5.41) is 0. The van der Waals surface area contributed by atoms with E-state index in [1.54, 1.807) is 7.11 Å². The number of nitrogens with two attached hydrogens (primary N) is 1. The number of carbonyl (C=O) groups excluding carboxylic acids is 1. The average Bonchev–Trinajstić information content (AvgIpc) is 2.46. The quantitative estimate of drug-likeness (QED) is 0.878. The summed E-state index contributed by atoms with van der Waals surface area (Å²) in [6.07, 6.45) is 0. The van der Waals surface area contributed by atoms with Gasteiger partial charge in [0.05, 0.1) is 19.1 Å². The molecule has 0 bridgehead atoms. The molecule has 0 spiro atoms. The van der Waals surface area contributed by atoms with Crippen LogP contribution in [0.2, 0.25) is 0 Å². The number of ether oxygens (including phenoxy) is 1. The van der Waals surface area contributed by atoms with Crippen molar-refractivity contribution < 1.29 is 9.53 Å². The van der Waals surface area contributed by atoms with Gasteiger partial charge in [0.15, 0.2) is 0 Å². The molecule has 0 radical (unpaired) electrons. The van der Waals surface area contributed by atoms with Gasteiger partial charge in [-0.15, -0.1) is 12.4 Å². The van der Waals surface area contributed by atoms with Gasteiger partial charge in [-0.2, -0.15) is 0 Å². The van der Waals surface area contributed by atoms with Gasteiger partial charge >= 0.3 is 0 Å². The number of rotatable bonds is 6. The zero-order valence-electron chi connectivity index (χ0n) is 13.5. The van der Waals surface area contributed by atoms with E-state index in [0.29, 0.717) is 6.54 Å². The minimum Gasteiger partial charge on any atom is -0.497 e. The van der Waals surface area contributed by atoms with Crippen molar-refractivity contribution >= 4 is 18.3 Å². The largest absolute Gasteiger partial charge is 0.497 e. The zero-order chi connectivity index (χ0) is 15.3. The molecule has 1 aromatic carbocycles. The molecular formula is C16H27ClN2O2. The van der Waals surface area contributed by atoms with Gasteiger partial charge < -0.3 is 15.4 Å². The fourth-order valence-electron chi connectivity index (χ4n) is 2.19. The molecule has 0 aliphatic rings. The Labute approximate surface area is 134 Å². The van der Waals surface area contributed by atoms with Crippen LogP contribution in [0.1, 0.15) is 39.3 Å². The van der Waals surface area contributed by atoms with Gasteiger partial charge in [0.25, 0.3) is 0 Å².